The molecule has 5 nitrogen and oxygen atoms in total. The molecule has 0 aromatic rings. The van der Waals surface area contributed by atoms with Crippen molar-refractivity contribution in [3.8, 4) is 0 Å². The first-order valence-electron chi connectivity index (χ1n) is 7.22. The van der Waals surface area contributed by atoms with Crippen LogP contribution in [0.4, 0.5) is 4.79 Å². The van der Waals surface area contributed by atoms with Gasteiger partial charge in [-0.25, -0.2) is 4.79 Å². The first-order valence-corrected chi connectivity index (χ1v) is 7.22. The van der Waals surface area contributed by atoms with Crippen LogP contribution in [-0.2, 0) is 9.47 Å². The molecule has 0 aromatic carbocycles. The zero-order valence-corrected chi connectivity index (χ0v) is 12.4. The second-order valence-corrected chi connectivity index (χ2v) is 6.50. The number of carbonyl (C=O) groups excluding carboxylic acids is 1. The van der Waals surface area contributed by atoms with E-state index in [0.717, 1.165) is 45.9 Å². The summed E-state index contributed by atoms with van der Waals surface area (Å²) in [7, 11) is 0. The maximum absolute atomic E-state index is 11.9. The van der Waals surface area contributed by atoms with Gasteiger partial charge in [-0.3, -0.25) is 4.90 Å². The summed E-state index contributed by atoms with van der Waals surface area (Å²) in [4.78, 5) is 16.2. The van der Waals surface area contributed by atoms with E-state index in [1.54, 1.807) is 0 Å². The molecule has 0 aromatic heterocycles. The molecular weight excluding hydrogens is 244 g/mol. The van der Waals surface area contributed by atoms with Crippen molar-refractivity contribution >= 4 is 6.09 Å². The van der Waals surface area contributed by atoms with Crippen molar-refractivity contribution in [1.29, 1.82) is 0 Å². The summed E-state index contributed by atoms with van der Waals surface area (Å²) in [6.07, 6.45) is 0.989. The van der Waals surface area contributed by atoms with Gasteiger partial charge in [0.15, 0.2) is 0 Å². The first kappa shape index (κ1) is 14.6. The van der Waals surface area contributed by atoms with E-state index in [1.165, 1.54) is 6.42 Å². The van der Waals surface area contributed by atoms with Crippen LogP contribution >= 0.6 is 0 Å². The van der Waals surface area contributed by atoms with Crippen molar-refractivity contribution in [2.24, 2.45) is 5.92 Å². The molecule has 2 rings (SSSR count). The molecule has 0 aliphatic carbocycles. The van der Waals surface area contributed by atoms with Gasteiger partial charge in [0, 0.05) is 39.3 Å². The number of carbonyl (C=O) groups is 1. The maximum atomic E-state index is 11.9. The molecule has 2 saturated heterocycles. The van der Waals surface area contributed by atoms with E-state index >= 15 is 0 Å². The van der Waals surface area contributed by atoms with Crippen LogP contribution in [-0.4, -0.2) is 67.4 Å². The molecule has 1 amide bonds. The molecule has 0 radical (unpaired) electrons. The Kier molecular flexibility index (Phi) is 4.68. The van der Waals surface area contributed by atoms with Gasteiger partial charge >= 0.3 is 6.09 Å². The van der Waals surface area contributed by atoms with Crippen LogP contribution < -0.4 is 0 Å². The van der Waals surface area contributed by atoms with Crippen molar-refractivity contribution in [2.45, 2.75) is 32.8 Å². The zero-order valence-electron chi connectivity index (χ0n) is 12.4. The van der Waals surface area contributed by atoms with Gasteiger partial charge in [0.1, 0.15) is 5.60 Å². The van der Waals surface area contributed by atoms with Crippen molar-refractivity contribution in [2.75, 3.05) is 45.9 Å². The third kappa shape index (κ3) is 4.66. The highest BCUT2D eigenvalue weighted by Gasteiger charge is 2.27. The highest BCUT2D eigenvalue weighted by Crippen LogP contribution is 2.16. The Morgan fingerprint density at radius 2 is 1.95 bits per heavy atom. The standard InChI is InChI=1S/C14H26N2O3/c1-14(2,3)19-13(17)16-7-5-15(6-8-16)10-12-4-9-18-11-12/h12H,4-11H2,1-3H3/t12-/m0/s1. The number of hydrogen-bond donors (Lipinski definition) is 0. The van der Waals surface area contributed by atoms with Crippen LogP contribution in [0.25, 0.3) is 0 Å². The Balaban J connectivity index is 1.71. The molecule has 2 aliphatic heterocycles. The molecule has 1 atom stereocenters. The van der Waals surface area contributed by atoms with E-state index in [4.69, 9.17) is 9.47 Å². The lowest BCUT2D eigenvalue weighted by molar-refractivity contribution is 0.0131. The van der Waals surface area contributed by atoms with Crippen LogP contribution in [0.2, 0.25) is 0 Å². The normalized spacial score (nSPS) is 25.6. The molecule has 2 fully saturated rings. The molecule has 19 heavy (non-hydrogen) atoms. The van der Waals surface area contributed by atoms with Gasteiger partial charge in [-0.15, -0.1) is 0 Å². The van der Waals surface area contributed by atoms with Gasteiger partial charge < -0.3 is 14.4 Å². The van der Waals surface area contributed by atoms with Crippen LogP contribution in [0.3, 0.4) is 0 Å². The molecule has 2 heterocycles. The van der Waals surface area contributed by atoms with Gasteiger partial charge in [-0.1, -0.05) is 0 Å². The summed E-state index contributed by atoms with van der Waals surface area (Å²) in [5.74, 6) is 0.674. The fraction of sp³-hybridized carbons (Fsp3) is 0.929. The van der Waals surface area contributed by atoms with Crippen LogP contribution in [0.15, 0.2) is 0 Å². The van der Waals surface area contributed by atoms with Gasteiger partial charge in [-0.2, -0.15) is 0 Å². The minimum Gasteiger partial charge on any atom is -0.444 e. The van der Waals surface area contributed by atoms with E-state index < -0.39 is 5.60 Å². The predicted molar refractivity (Wildman–Crippen MR) is 73.2 cm³/mol. The number of rotatable bonds is 2. The Hall–Kier alpha value is -0.810. The number of amides is 1. The number of ether oxygens (including phenoxy) is 2. The number of piperazine rings is 1. The summed E-state index contributed by atoms with van der Waals surface area (Å²) in [6, 6.07) is 0. The van der Waals surface area contributed by atoms with Gasteiger partial charge in [0.05, 0.1) is 6.61 Å². The largest absolute Gasteiger partial charge is 0.444 e. The Morgan fingerprint density at radius 1 is 1.26 bits per heavy atom. The van der Waals surface area contributed by atoms with Gasteiger partial charge in [-0.05, 0) is 33.1 Å². The predicted octanol–water partition coefficient (Wildman–Crippen LogP) is 1.58. The molecule has 2 aliphatic rings. The smallest absolute Gasteiger partial charge is 0.410 e. The van der Waals surface area contributed by atoms with Crippen molar-refractivity contribution < 1.29 is 14.3 Å². The van der Waals surface area contributed by atoms with Crippen LogP contribution in [0.5, 0.6) is 0 Å². The summed E-state index contributed by atoms with van der Waals surface area (Å²) < 4.78 is 10.8. The van der Waals surface area contributed by atoms with Gasteiger partial charge in [0.2, 0.25) is 0 Å². The molecule has 0 saturated carbocycles. The average Bonchev–Trinajstić information content (AvgIpc) is 2.80. The highest BCUT2D eigenvalue weighted by molar-refractivity contribution is 5.68. The minimum atomic E-state index is -0.407. The zero-order chi connectivity index (χ0) is 13.9. The van der Waals surface area contributed by atoms with Gasteiger partial charge in [0.25, 0.3) is 0 Å². The Morgan fingerprint density at radius 3 is 2.47 bits per heavy atom. The Labute approximate surface area is 115 Å². The molecule has 0 bridgehead atoms. The summed E-state index contributed by atoms with van der Waals surface area (Å²) in [5.41, 5.74) is -0.407. The molecule has 0 unspecified atom stereocenters. The van der Waals surface area contributed by atoms with Crippen molar-refractivity contribution in [1.82, 2.24) is 9.80 Å². The van der Waals surface area contributed by atoms with E-state index in [0.29, 0.717) is 5.92 Å². The van der Waals surface area contributed by atoms with E-state index in [9.17, 15) is 4.79 Å². The van der Waals surface area contributed by atoms with Crippen LogP contribution in [0.1, 0.15) is 27.2 Å². The first-order chi connectivity index (χ1) is 8.94. The minimum absolute atomic E-state index is 0.184. The average molecular weight is 270 g/mol. The highest BCUT2D eigenvalue weighted by atomic mass is 16.6. The molecular formula is C14H26N2O3. The summed E-state index contributed by atoms with van der Waals surface area (Å²) in [5, 5.41) is 0. The van der Waals surface area contributed by atoms with E-state index in [1.807, 2.05) is 25.7 Å². The van der Waals surface area contributed by atoms with Crippen molar-refractivity contribution in [3.05, 3.63) is 0 Å². The molecule has 0 N–H and O–H groups in total. The van der Waals surface area contributed by atoms with Crippen LogP contribution in [0, 0.1) is 5.92 Å². The fourth-order valence-corrected chi connectivity index (χ4v) is 2.53. The summed E-state index contributed by atoms with van der Waals surface area (Å²) >= 11 is 0. The van der Waals surface area contributed by atoms with E-state index in [2.05, 4.69) is 4.90 Å². The maximum Gasteiger partial charge on any atom is 0.410 e. The third-order valence-corrected chi connectivity index (χ3v) is 3.56. The van der Waals surface area contributed by atoms with E-state index in [-0.39, 0.29) is 6.09 Å². The van der Waals surface area contributed by atoms with Crippen molar-refractivity contribution in [3.63, 3.8) is 0 Å². The lowest BCUT2D eigenvalue weighted by Crippen LogP contribution is -2.50. The fourth-order valence-electron chi connectivity index (χ4n) is 2.53. The SMILES string of the molecule is CC(C)(C)OC(=O)N1CCN(C[C@@H]2CCOC2)CC1. The summed E-state index contributed by atoms with van der Waals surface area (Å²) in [6.45, 7) is 12.0. The molecule has 0 spiro atoms. The quantitative estimate of drug-likeness (QED) is 0.764. The lowest BCUT2D eigenvalue weighted by atomic mass is 10.1. The monoisotopic (exact) mass is 270 g/mol. The molecule has 110 valence electrons. The Bertz CT molecular complexity index is 300. The third-order valence-electron chi connectivity index (χ3n) is 3.56. The molecule has 5 heteroatoms. The number of nitrogens with zero attached hydrogens (tertiary/aromatic N) is 2. The lowest BCUT2D eigenvalue weighted by Gasteiger charge is -2.36. The second-order valence-electron chi connectivity index (χ2n) is 6.50. The second kappa shape index (κ2) is 6.09. The number of hydrogen-bond acceptors (Lipinski definition) is 4. The topological polar surface area (TPSA) is 42.0 Å².